The highest BCUT2D eigenvalue weighted by Gasteiger charge is 2.10. The molecule has 0 aromatic heterocycles. The summed E-state index contributed by atoms with van der Waals surface area (Å²) < 4.78 is 13.4. The van der Waals surface area contributed by atoms with Crippen LogP contribution in [-0.2, 0) is 0 Å². The lowest BCUT2D eigenvalue weighted by Crippen LogP contribution is -2.12. The van der Waals surface area contributed by atoms with Crippen LogP contribution in [0.5, 0.6) is 0 Å². The topological polar surface area (TPSA) is 29.1 Å². The van der Waals surface area contributed by atoms with Crippen LogP contribution >= 0.6 is 27.5 Å². The number of rotatable bonds is 2. The highest BCUT2D eigenvalue weighted by molar-refractivity contribution is 9.10. The Kier molecular flexibility index (Phi) is 4.22. The first-order valence-electron chi connectivity index (χ1n) is 5.50. The molecular formula is C14H10BrClFNO. The fourth-order valence-electron chi connectivity index (χ4n) is 1.52. The van der Waals surface area contributed by atoms with Crippen molar-refractivity contribution in [3.63, 3.8) is 0 Å². The Morgan fingerprint density at radius 1 is 1.26 bits per heavy atom. The molecule has 19 heavy (non-hydrogen) atoms. The molecule has 2 nitrogen and oxygen atoms in total. The first-order valence-corrected chi connectivity index (χ1v) is 6.67. The first-order chi connectivity index (χ1) is 8.97. The summed E-state index contributed by atoms with van der Waals surface area (Å²) in [4.78, 5) is 12.0. The molecule has 2 aromatic carbocycles. The Bertz CT molecular complexity index is 645. The van der Waals surface area contributed by atoms with Gasteiger partial charge in [-0.25, -0.2) is 4.39 Å². The third-order valence-electron chi connectivity index (χ3n) is 2.61. The van der Waals surface area contributed by atoms with E-state index in [4.69, 9.17) is 11.6 Å². The van der Waals surface area contributed by atoms with Crippen molar-refractivity contribution < 1.29 is 9.18 Å². The van der Waals surface area contributed by atoms with E-state index >= 15 is 0 Å². The minimum Gasteiger partial charge on any atom is -0.321 e. The van der Waals surface area contributed by atoms with E-state index < -0.39 is 0 Å². The van der Waals surface area contributed by atoms with Crippen molar-refractivity contribution in [2.24, 2.45) is 0 Å². The fourth-order valence-corrected chi connectivity index (χ4v) is 2.15. The lowest BCUT2D eigenvalue weighted by molar-refractivity contribution is 0.102. The maximum absolute atomic E-state index is 12.9. The molecule has 2 rings (SSSR count). The quantitative estimate of drug-likeness (QED) is 0.834. The monoisotopic (exact) mass is 341 g/mol. The maximum atomic E-state index is 12.9. The molecule has 0 aliphatic rings. The molecule has 0 radical (unpaired) electrons. The fraction of sp³-hybridized carbons (Fsp3) is 0.0714. The lowest BCUT2D eigenvalue weighted by Gasteiger charge is -2.08. The lowest BCUT2D eigenvalue weighted by atomic mass is 10.1. The number of benzene rings is 2. The van der Waals surface area contributed by atoms with Crippen LogP contribution in [0.4, 0.5) is 10.1 Å². The molecule has 0 aliphatic carbocycles. The second-order valence-corrected chi connectivity index (χ2v) is 5.30. The van der Waals surface area contributed by atoms with Crippen molar-refractivity contribution in [1.82, 2.24) is 0 Å². The Morgan fingerprint density at radius 3 is 2.63 bits per heavy atom. The van der Waals surface area contributed by atoms with Gasteiger partial charge in [0, 0.05) is 15.1 Å². The van der Waals surface area contributed by atoms with Crippen molar-refractivity contribution in [2.45, 2.75) is 6.92 Å². The Balaban J connectivity index is 2.23. The number of anilines is 1. The van der Waals surface area contributed by atoms with Crippen LogP contribution in [0.25, 0.3) is 0 Å². The zero-order chi connectivity index (χ0) is 14.0. The molecule has 0 bridgehead atoms. The summed E-state index contributed by atoms with van der Waals surface area (Å²) >= 11 is 9.17. The Labute approximate surface area is 123 Å². The molecule has 0 spiro atoms. The van der Waals surface area contributed by atoms with Gasteiger partial charge in [0.05, 0.1) is 5.69 Å². The zero-order valence-electron chi connectivity index (χ0n) is 10.0. The molecule has 0 saturated carbocycles. The molecule has 0 fully saturated rings. The summed E-state index contributed by atoms with van der Waals surface area (Å²) in [5.41, 5.74) is 1.86. The summed E-state index contributed by atoms with van der Waals surface area (Å²) in [6, 6.07) is 9.13. The summed E-state index contributed by atoms with van der Waals surface area (Å²) in [5, 5.41) is 3.22. The molecule has 2 aromatic rings. The van der Waals surface area contributed by atoms with E-state index in [-0.39, 0.29) is 11.7 Å². The zero-order valence-corrected chi connectivity index (χ0v) is 12.3. The van der Waals surface area contributed by atoms with Gasteiger partial charge in [0.1, 0.15) is 5.82 Å². The van der Waals surface area contributed by atoms with Crippen LogP contribution in [0.2, 0.25) is 5.02 Å². The van der Waals surface area contributed by atoms with E-state index in [1.54, 1.807) is 18.2 Å². The average molecular weight is 343 g/mol. The highest BCUT2D eigenvalue weighted by Crippen LogP contribution is 2.24. The van der Waals surface area contributed by atoms with Gasteiger partial charge in [-0.05, 0) is 58.7 Å². The molecular weight excluding hydrogens is 333 g/mol. The third-order valence-corrected chi connectivity index (χ3v) is 3.68. The van der Waals surface area contributed by atoms with Crippen LogP contribution in [-0.4, -0.2) is 5.91 Å². The van der Waals surface area contributed by atoms with E-state index in [0.717, 1.165) is 5.56 Å². The predicted molar refractivity (Wildman–Crippen MR) is 78.2 cm³/mol. The van der Waals surface area contributed by atoms with Crippen molar-refractivity contribution in [3.8, 4) is 0 Å². The van der Waals surface area contributed by atoms with Crippen molar-refractivity contribution in [3.05, 3.63) is 62.8 Å². The van der Waals surface area contributed by atoms with E-state index in [0.29, 0.717) is 20.7 Å². The number of amides is 1. The van der Waals surface area contributed by atoms with Gasteiger partial charge in [-0.1, -0.05) is 17.7 Å². The van der Waals surface area contributed by atoms with E-state index in [2.05, 4.69) is 21.2 Å². The van der Waals surface area contributed by atoms with Gasteiger partial charge < -0.3 is 5.32 Å². The molecule has 1 amide bonds. The number of hydrogen-bond donors (Lipinski definition) is 1. The van der Waals surface area contributed by atoms with Gasteiger partial charge in [0.25, 0.3) is 5.91 Å². The van der Waals surface area contributed by atoms with Gasteiger partial charge in [-0.2, -0.15) is 0 Å². The third kappa shape index (κ3) is 3.33. The molecule has 1 N–H and O–H groups in total. The largest absolute Gasteiger partial charge is 0.321 e. The van der Waals surface area contributed by atoms with Crippen LogP contribution < -0.4 is 5.32 Å². The van der Waals surface area contributed by atoms with E-state index in [9.17, 15) is 9.18 Å². The number of carbonyl (C=O) groups excluding carboxylic acids is 1. The number of carbonyl (C=O) groups is 1. The maximum Gasteiger partial charge on any atom is 0.255 e. The summed E-state index contributed by atoms with van der Waals surface area (Å²) in [5.74, 6) is -0.669. The molecule has 0 atom stereocenters. The summed E-state index contributed by atoms with van der Waals surface area (Å²) in [6.45, 7) is 1.86. The molecule has 0 heterocycles. The van der Waals surface area contributed by atoms with Crippen LogP contribution in [0.3, 0.4) is 0 Å². The van der Waals surface area contributed by atoms with Crippen molar-refractivity contribution >= 4 is 39.1 Å². The highest BCUT2D eigenvalue weighted by atomic mass is 79.9. The van der Waals surface area contributed by atoms with Gasteiger partial charge in [-0.3, -0.25) is 4.79 Å². The Morgan fingerprint density at radius 2 is 2.00 bits per heavy atom. The van der Waals surface area contributed by atoms with Crippen LogP contribution in [0, 0.1) is 12.7 Å². The molecule has 0 unspecified atom stereocenters. The van der Waals surface area contributed by atoms with Gasteiger partial charge in [0.2, 0.25) is 0 Å². The minimum absolute atomic E-state index is 0.297. The molecule has 0 aliphatic heterocycles. The Hall–Kier alpha value is -1.39. The first kappa shape index (κ1) is 14.0. The summed E-state index contributed by atoms with van der Waals surface area (Å²) in [7, 11) is 0. The van der Waals surface area contributed by atoms with Gasteiger partial charge in [0.15, 0.2) is 0 Å². The van der Waals surface area contributed by atoms with E-state index in [1.807, 2.05) is 6.92 Å². The molecule has 98 valence electrons. The van der Waals surface area contributed by atoms with Gasteiger partial charge >= 0.3 is 0 Å². The smallest absolute Gasteiger partial charge is 0.255 e. The molecule has 0 saturated heterocycles. The SMILES string of the molecule is Cc1ccc(C(=O)Nc2ccc(F)cc2Br)cc1Cl. The number of halogens is 3. The standard InChI is InChI=1S/C14H10BrClFNO/c1-8-2-3-9(6-12(8)16)14(19)18-13-5-4-10(17)7-11(13)15/h2-7H,1H3,(H,18,19). The van der Waals surface area contributed by atoms with Crippen LogP contribution in [0.1, 0.15) is 15.9 Å². The van der Waals surface area contributed by atoms with E-state index in [1.165, 1.54) is 18.2 Å². The number of hydrogen-bond acceptors (Lipinski definition) is 1. The van der Waals surface area contributed by atoms with Crippen LogP contribution in [0.15, 0.2) is 40.9 Å². The van der Waals surface area contributed by atoms with Gasteiger partial charge in [-0.15, -0.1) is 0 Å². The number of nitrogens with one attached hydrogen (secondary N) is 1. The van der Waals surface area contributed by atoms with Crippen molar-refractivity contribution in [1.29, 1.82) is 0 Å². The normalized spacial score (nSPS) is 10.3. The second kappa shape index (κ2) is 5.72. The average Bonchev–Trinajstić information content (AvgIpc) is 2.36. The number of aryl methyl sites for hydroxylation is 1. The summed E-state index contributed by atoms with van der Waals surface area (Å²) in [6.07, 6.45) is 0. The van der Waals surface area contributed by atoms with Crippen molar-refractivity contribution in [2.75, 3.05) is 5.32 Å². The second-order valence-electron chi connectivity index (χ2n) is 4.04. The minimum atomic E-state index is -0.372. The molecule has 5 heteroatoms. The predicted octanol–water partition coefficient (Wildman–Crippen LogP) is 4.80.